The van der Waals surface area contributed by atoms with E-state index >= 15 is 0 Å². The summed E-state index contributed by atoms with van der Waals surface area (Å²) in [5.41, 5.74) is 4.47. The summed E-state index contributed by atoms with van der Waals surface area (Å²) in [4.78, 5) is 19.5. The monoisotopic (exact) mass is 498 g/mol. The van der Waals surface area contributed by atoms with E-state index < -0.39 is 6.04 Å². The van der Waals surface area contributed by atoms with Crippen molar-refractivity contribution in [2.45, 2.75) is 32.9 Å². The van der Waals surface area contributed by atoms with Gasteiger partial charge in [0.1, 0.15) is 11.6 Å². The number of urea groups is 1. The molecule has 0 spiro atoms. The summed E-state index contributed by atoms with van der Waals surface area (Å²) in [5, 5.41) is 7.27. The van der Waals surface area contributed by atoms with E-state index in [1.54, 1.807) is 25.3 Å². The highest BCUT2D eigenvalue weighted by Crippen LogP contribution is 2.38. The van der Waals surface area contributed by atoms with E-state index in [1.807, 2.05) is 55.5 Å². The summed E-state index contributed by atoms with van der Waals surface area (Å²) < 4.78 is 25.5. The van der Waals surface area contributed by atoms with E-state index in [0.29, 0.717) is 28.4 Å². The number of rotatable bonds is 7. The van der Waals surface area contributed by atoms with E-state index in [2.05, 4.69) is 22.4 Å². The van der Waals surface area contributed by atoms with Gasteiger partial charge in [-0.15, -0.1) is 0 Å². The molecule has 37 heavy (non-hydrogen) atoms. The predicted molar refractivity (Wildman–Crippen MR) is 138 cm³/mol. The van der Waals surface area contributed by atoms with Crippen LogP contribution < -0.4 is 10.1 Å². The van der Waals surface area contributed by atoms with Gasteiger partial charge in [0.25, 0.3) is 5.89 Å². The lowest BCUT2D eigenvalue weighted by atomic mass is 9.93. The van der Waals surface area contributed by atoms with E-state index in [1.165, 1.54) is 16.5 Å². The van der Waals surface area contributed by atoms with Crippen LogP contribution in [0, 0.1) is 5.82 Å². The molecule has 0 saturated carbocycles. The molecular weight excluding hydrogens is 471 g/mol. The van der Waals surface area contributed by atoms with Crippen molar-refractivity contribution in [3.05, 3.63) is 107 Å². The topological polar surface area (TPSA) is 80.5 Å². The van der Waals surface area contributed by atoms with Gasteiger partial charge in [0.15, 0.2) is 0 Å². The van der Waals surface area contributed by atoms with Crippen molar-refractivity contribution in [1.29, 1.82) is 0 Å². The van der Waals surface area contributed by atoms with Crippen molar-refractivity contribution in [3.63, 3.8) is 0 Å². The van der Waals surface area contributed by atoms with Gasteiger partial charge in [0, 0.05) is 16.8 Å². The molecule has 1 atom stereocenters. The van der Waals surface area contributed by atoms with Crippen LogP contribution in [0.5, 0.6) is 5.75 Å². The first kappa shape index (κ1) is 24.2. The lowest BCUT2D eigenvalue weighted by molar-refractivity contribution is 0.202. The normalized spacial score (nSPS) is 15.6. The summed E-state index contributed by atoms with van der Waals surface area (Å²) >= 11 is 0. The number of halogens is 1. The van der Waals surface area contributed by atoms with Gasteiger partial charge in [-0.2, -0.15) is 4.98 Å². The summed E-state index contributed by atoms with van der Waals surface area (Å²) in [6, 6.07) is 21.0. The molecule has 0 radical (unpaired) electrons. The molecule has 5 rings (SSSR count). The second kappa shape index (κ2) is 10.3. The number of aromatic nitrogens is 2. The largest absolute Gasteiger partial charge is 0.497 e. The zero-order chi connectivity index (χ0) is 25.9. The third-order valence-electron chi connectivity index (χ3n) is 6.59. The quantitative estimate of drug-likeness (QED) is 0.331. The number of benzene rings is 3. The molecular formula is C29H27FN4O3. The molecule has 0 bridgehead atoms. The highest BCUT2D eigenvalue weighted by atomic mass is 19.1. The van der Waals surface area contributed by atoms with E-state index in [0.717, 1.165) is 17.5 Å². The standard InChI is InChI=1S/C29H27FN4O3/c1-4-19-12-14-20(15-13-19)26-25(28-32-27(33-37-28)21-9-7-10-23(16-21)36-3)18(2)34(29(35)31-26)17-22-8-5-6-11-24(22)30/h5-16,26H,4,17H2,1-3H3,(H,31,35). The van der Waals surface area contributed by atoms with Gasteiger partial charge in [-0.05, 0) is 42.7 Å². The Bertz CT molecular complexity index is 1460. The number of hydrogen-bond donors (Lipinski definition) is 1. The molecule has 1 aliphatic heterocycles. The number of amides is 2. The van der Waals surface area contributed by atoms with Crippen LogP contribution in [0.15, 0.2) is 83.0 Å². The molecule has 0 fully saturated rings. The van der Waals surface area contributed by atoms with Gasteiger partial charge in [-0.1, -0.05) is 66.7 Å². The Balaban J connectivity index is 1.60. The minimum Gasteiger partial charge on any atom is -0.497 e. The molecule has 1 aliphatic rings. The number of aryl methyl sites for hydroxylation is 1. The smallest absolute Gasteiger partial charge is 0.322 e. The van der Waals surface area contributed by atoms with Crippen LogP contribution in [-0.4, -0.2) is 28.2 Å². The van der Waals surface area contributed by atoms with Crippen molar-refractivity contribution in [1.82, 2.24) is 20.4 Å². The first-order valence-corrected chi connectivity index (χ1v) is 12.1. The second-order valence-corrected chi connectivity index (χ2v) is 8.81. The van der Waals surface area contributed by atoms with E-state index in [9.17, 15) is 9.18 Å². The Morgan fingerprint density at radius 3 is 2.59 bits per heavy atom. The fourth-order valence-electron chi connectivity index (χ4n) is 4.45. The Hall–Kier alpha value is -4.46. The number of methoxy groups -OCH3 is 1. The zero-order valence-electron chi connectivity index (χ0n) is 20.9. The van der Waals surface area contributed by atoms with E-state index in [-0.39, 0.29) is 24.3 Å². The molecule has 2 amide bonds. The average Bonchev–Trinajstić information content (AvgIpc) is 3.41. The highest BCUT2D eigenvalue weighted by molar-refractivity contribution is 5.87. The van der Waals surface area contributed by atoms with Crippen LogP contribution in [0.2, 0.25) is 0 Å². The summed E-state index contributed by atoms with van der Waals surface area (Å²) in [6.45, 7) is 3.97. The SMILES string of the molecule is CCc1ccc(C2NC(=O)N(Cc3ccccc3F)C(C)=C2c2nc(-c3cccc(OC)c3)no2)cc1. The van der Waals surface area contributed by atoms with Crippen LogP contribution in [0.4, 0.5) is 9.18 Å². The molecule has 0 aliphatic carbocycles. The lowest BCUT2D eigenvalue weighted by Crippen LogP contribution is -2.45. The second-order valence-electron chi connectivity index (χ2n) is 8.81. The maximum Gasteiger partial charge on any atom is 0.322 e. The average molecular weight is 499 g/mol. The molecule has 3 aromatic carbocycles. The number of nitrogens with zero attached hydrogens (tertiary/aromatic N) is 3. The van der Waals surface area contributed by atoms with Crippen molar-refractivity contribution in [3.8, 4) is 17.1 Å². The van der Waals surface area contributed by atoms with Gasteiger partial charge in [0.2, 0.25) is 5.82 Å². The molecule has 0 saturated heterocycles. The Kier molecular flexibility index (Phi) is 6.72. The van der Waals surface area contributed by atoms with Crippen LogP contribution in [-0.2, 0) is 13.0 Å². The maximum absolute atomic E-state index is 14.5. The fraction of sp³-hybridized carbons (Fsp3) is 0.207. The van der Waals surface area contributed by atoms with Crippen LogP contribution in [0.3, 0.4) is 0 Å². The van der Waals surface area contributed by atoms with Gasteiger partial charge in [-0.3, -0.25) is 4.90 Å². The minimum atomic E-state index is -0.520. The third kappa shape index (κ3) is 4.82. The van der Waals surface area contributed by atoms with Crippen LogP contribution >= 0.6 is 0 Å². The van der Waals surface area contributed by atoms with Gasteiger partial charge in [-0.25, -0.2) is 9.18 Å². The number of nitrogens with one attached hydrogen (secondary N) is 1. The number of hydrogen-bond acceptors (Lipinski definition) is 5. The first-order valence-electron chi connectivity index (χ1n) is 12.1. The Morgan fingerprint density at radius 1 is 1.08 bits per heavy atom. The fourth-order valence-corrected chi connectivity index (χ4v) is 4.45. The molecule has 1 unspecified atom stereocenters. The number of allylic oxidation sites excluding steroid dienone is 1. The number of ether oxygens (including phenoxy) is 1. The first-order chi connectivity index (χ1) is 18.0. The van der Waals surface area contributed by atoms with Gasteiger partial charge in [0.05, 0.1) is 25.3 Å². The van der Waals surface area contributed by atoms with Gasteiger partial charge < -0.3 is 14.6 Å². The highest BCUT2D eigenvalue weighted by Gasteiger charge is 2.36. The number of carbonyl (C=O) groups excluding carboxylic acids is 1. The van der Waals surface area contributed by atoms with Crippen molar-refractivity contribution >= 4 is 11.6 Å². The molecule has 1 aromatic heterocycles. The minimum absolute atomic E-state index is 0.0617. The number of carbonyl (C=O) groups is 1. The van der Waals surface area contributed by atoms with Crippen molar-refractivity contribution < 1.29 is 18.4 Å². The van der Waals surface area contributed by atoms with Crippen molar-refractivity contribution in [2.75, 3.05) is 7.11 Å². The summed E-state index contributed by atoms with van der Waals surface area (Å²) in [7, 11) is 1.60. The molecule has 7 nitrogen and oxygen atoms in total. The predicted octanol–water partition coefficient (Wildman–Crippen LogP) is 6.14. The van der Waals surface area contributed by atoms with Crippen LogP contribution in [0.25, 0.3) is 17.0 Å². The van der Waals surface area contributed by atoms with Gasteiger partial charge >= 0.3 is 6.03 Å². The molecule has 188 valence electrons. The zero-order valence-corrected chi connectivity index (χ0v) is 20.9. The molecule has 4 aromatic rings. The summed E-state index contributed by atoms with van der Waals surface area (Å²) in [5.74, 6) is 0.972. The van der Waals surface area contributed by atoms with E-state index in [4.69, 9.17) is 9.26 Å². The third-order valence-corrected chi connectivity index (χ3v) is 6.59. The molecule has 8 heteroatoms. The Morgan fingerprint density at radius 2 is 1.86 bits per heavy atom. The lowest BCUT2D eigenvalue weighted by Gasteiger charge is -2.35. The molecule has 1 N–H and O–H groups in total. The Labute approximate surface area is 214 Å². The molecule has 2 heterocycles. The maximum atomic E-state index is 14.5. The van der Waals surface area contributed by atoms with Crippen LogP contribution in [0.1, 0.15) is 42.5 Å². The summed E-state index contributed by atoms with van der Waals surface area (Å²) in [6.07, 6.45) is 0.906. The van der Waals surface area contributed by atoms with Crippen molar-refractivity contribution in [2.24, 2.45) is 0 Å².